The van der Waals surface area contributed by atoms with E-state index in [1.165, 1.54) is 11.1 Å². The zero-order chi connectivity index (χ0) is 21.9. The lowest BCUT2D eigenvalue weighted by molar-refractivity contribution is -0.184. The van der Waals surface area contributed by atoms with Gasteiger partial charge in [0.05, 0.1) is 29.4 Å². The van der Waals surface area contributed by atoms with Gasteiger partial charge in [-0.05, 0) is 46.8 Å². The summed E-state index contributed by atoms with van der Waals surface area (Å²) >= 11 is 6.13. The second-order valence-corrected chi connectivity index (χ2v) is 7.20. The number of rotatable bonds is 7. The van der Waals surface area contributed by atoms with Crippen molar-refractivity contribution in [1.29, 1.82) is 0 Å². The highest BCUT2D eigenvalue weighted by atomic mass is 35.5. The SMILES string of the molecule is CCON(CC)C(=O)C(C)Nc1cc(N2C(=O)CC(=C(C)C)C2=O)c(F)cc1Cl. The van der Waals surface area contributed by atoms with Gasteiger partial charge in [-0.25, -0.2) is 14.4 Å². The summed E-state index contributed by atoms with van der Waals surface area (Å²) in [6, 6.07) is 1.54. The summed E-state index contributed by atoms with van der Waals surface area (Å²) in [7, 11) is 0. The Hall–Kier alpha value is -2.45. The number of benzene rings is 1. The van der Waals surface area contributed by atoms with E-state index in [1.807, 2.05) is 0 Å². The van der Waals surface area contributed by atoms with Gasteiger partial charge in [0.2, 0.25) is 5.91 Å². The Bertz CT molecular complexity index is 868. The molecule has 29 heavy (non-hydrogen) atoms. The molecule has 1 unspecified atom stereocenters. The highest BCUT2D eigenvalue weighted by Gasteiger charge is 2.37. The lowest BCUT2D eigenvalue weighted by Gasteiger charge is -2.25. The summed E-state index contributed by atoms with van der Waals surface area (Å²) in [5, 5.41) is 4.14. The molecular formula is C20H25ClFN3O4. The largest absolute Gasteiger partial charge is 0.373 e. The van der Waals surface area contributed by atoms with Gasteiger partial charge in [0, 0.05) is 12.1 Å². The van der Waals surface area contributed by atoms with Crippen LogP contribution in [0.1, 0.15) is 41.0 Å². The van der Waals surface area contributed by atoms with Crippen LogP contribution in [0.15, 0.2) is 23.3 Å². The summed E-state index contributed by atoms with van der Waals surface area (Å²) in [6.07, 6.45) is -0.0826. The molecular weight excluding hydrogens is 401 g/mol. The summed E-state index contributed by atoms with van der Waals surface area (Å²) in [4.78, 5) is 43.5. The molecule has 9 heteroatoms. The number of allylic oxidation sites excluding steroid dienone is 1. The number of hydrogen-bond donors (Lipinski definition) is 1. The van der Waals surface area contributed by atoms with Crippen LogP contribution >= 0.6 is 11.6 Å². The quantitative estimate of drug-likeness (QED) is 0.409. The maximum Gasteiger partial charge on any atom is 0.268 e. The molecule has 1 aliphatic rings. The van der Waals surface area contributed by atoms with Crippen molar-refractivity contribution >= 4 is 40.7 Å². The van der Waals surface area contributed by atoms with Crippen LogP contribution in [0.4, 0.5) is 15.8 Å². The van der Waals surface area contributed by atoms with Crippen molar-refractivity contribution in [3.63, 3.8) is 0 Å². The number of amides is 3. The first-order valence-electron chi connectivity index (χ1n) is 9.35. The third-order valence-electron chi connectivity index (χ3n) is 4.48. The Morgan fingerprint density at radius 3 is 2.52 bits per heavy atom. The third-order valence-corrected chi connectivity index (χ3v) is 4.79. The molecule has 1 heterocycles. The summed E-state index contributed by atoms with van der Waals surface area (Å²) in [6.45, 7) is 9.27. The maximum atomic E-state index is 14.6. The molecule has 0 bridgehead atoms. The van der Waals surface area contributed by atoms with Crippen LogP contribution in [0, 0.1) is 5.82 Å². The van der Waals surface area contributed by atoms with Gasteiger partial charge >= 0.3 is 0 Å². The number of carbonyl (C=O) groups excluding carboxylic acids is 3. The smallest absolute Gasteiger partial charge is 0.268 e. The topological polar surface area (TPSA) is 79.0 Å². The fraction of sp³-hybridized carbons (Fsp3) is 0.450. The zero-order valence-electron chi connectivity index (χ0n) is 17.1. The number of hydrogen-bond acceptors (Lipinski definition) is 5. The molecule has 2 rings (SSSR count). The number of carbonyl (C=O) groups is 3. The molecule has 158 valence electrons. The van der Waals surface area contributed by atoms with Crippen LogP contribution in [0.3, 0.4) is 0 Å². The molecule has 0 saturated carbocycles. The standard InChI is InChI=1S/C20H25ClFN3O4/c1-6-24(29-7-2)19(27)12(5)23-16-10-17(15(22)9-14(16)21)25-18(26)8-13(11(3)4)20(25)28/h9-10,12,23H,6-8H2,1-5H3. The normalized spacial score (nSPS) is 15.0. The number of hydroxylamine groups is 2. The van der Waals surface area contributed by atoms with Crippen molar-refractivity contribution in [2.45, 2.75) is 47.1 Å². The average Bonchev–Trinajstić information content (AvgIpc) is 2.96. The first kappa shape index (κ1) is 22.8. The highest BCUT2D eigenvalue weighted by Crippen LogP contribution is 2.35. The predicted octanol–water partition coefficient (Wildman–Crippen LogP) is 3.68. The van der Waals surface area contributed by atoms with Crippen LogP contribution in [0.2, 0.25) is 5.02 Å². The monoisotopic (exact) mass is 425 g/mol. The molecule has 1 fully saturated rings. The van der Waals surface area contributed by atoms with Crippen molar-refractivity contribution in [2.24, 2.45) is 0 Å². The molecule has 1 aromatic carbocycles. The van der Waals surface area contributed by atoms with Crippen LogP contribution < -0.4 is 10.2 Å². The number of likely N-dealkylation sites (N-methyl/N-ethyl adjacent to an activating group) is 1. The molecule has 0 radical (unpaired) electrons. The third kappa shape index (κ3) is 4.76. The van der Waals surface area contributed by atoms with Crippen LogP contribution in [0.25, 0.3) is 0 Å². The number of halogens is 2. The first-order chi connectivity index (χ1) is 13.6. The van der Waals surface area contributed by atoms with Crippen LogP contribution in [0.5, 0.6) is 0 Å². The Kier molecular flexibility index (Phi) is 7.37. The molecule has 3 amide bonds. The van der Waals surface area contributed by atoms with Gasteiger partial charge in [-0.3, -0.25) is 19.2 Å². The highest BCUT2D eigenvalue weighted by molar-refractivity contribution is 6.34. The van der Waals surface area contributed by atoms with Gasteiger partial charge in [0.1, 0.15) is 11.9 Å². The molecule has 1 aromatic rings. The average molecular weight is 426 g/mol. The van der Waals surface area contributed by atoms with E-state index in [0.717, 1.165) is 11.0 Å². The minimum atomic E-state index is -0.805. The number of anilines is 2. The van der Waals surface area contributed by atoms with E-state index in [2.05, 4.69) is 5.32 Å². The van der Waals surface area contributed by atoms with Gasteiger partial charge in [-0.2, -0.15) is 0 Å². The predicted molar refractivity (Wildman–Crippen MR) is 109 cm³/mol. The van der Waals surface area contributed by atoms with Crippen LogP contribution in [-0.2, 0) is 19.2 Å². The molecule has 1 atom stereocenters. The van der Waals surface area contributed by atoms with Crippen molar-refractivity contribution in [3.05, 3.63) is 34.1 Å². The van der Waals surface area contributed by atoms with Crippen molar-refractivity contribution in [2.75, 3.05) is 23.4 Å². The zero-order valence-corrected chi connectivity index (χ0v) is 17.9. The second kappa shape index (κ2) is 9.37. The van der Waals surface area contributed by atoms with Gasteiger partial charge in [0.15, 0.2) is 0 Å². The van der Waals surface area contributed by atoms with Crippen LogP contribution in [-0.4, -0.2) is 42.0 Å². The lowest BCUT2D eigenvalue weighted by atomic mass is 10.1. The fourth-order valence-electron chi connectivity index (χ4n) is 2.99. The Labute approximate surface area is 174 Å². The Balaban J connectivity index is 2.35. The van der Waals surface area contributed by atoms with Crippen molar-refractivity contribution in [3.8, 4) is 0 Å². The summed E-state index contributed by atoms with van der Waals surface area (Å²) < 4.78 is 14.6. The number of imide groups is 1. The van der Waals surface area contributed by atoms with Crippen molar-refractivity contribution in [1.82, 2.24) is 5.06 Å². The summed E-state index contributed by atoms with van der Waals surface area (Å²) in [5.41, 5.74) is 1.06. The summed E-state index contributed by atoms with van der Waals surface area (Å²) in [5.74, 6) is -2.21. The molecule has 1 aliphatic heterocycles. The van der Waals surface area contributed by atoms with E-state index in [0.29, 0.717) is 24.3 Å². The van der Waals surface area contributed by atoms with E-state index < -0.39 is 23.7 Å². The Morgan fingerprint density at radius 1 is 1.34 bits per heavy atom. The van der Waals surface area contributed by atoms with E-state index in [1.54, 1.807) is 34.6 Å². The number of nitrogens with one attached hydrogen (secondary N) is 1. The van der Waals surface area contributed by atoms with Gasteiger partial charge in [0.25, 0.3) is 11.8 Å². The number of nitrogens with zero attached hydrogens (tertiary/aromatic N) is 2. The molecule has 1 saturated heterocycles. The first-order valence-corrected chi connectivity index (χ1v) is 9.73. The molecule has 0 aliphatic carbocycles. The fourth-order valence-corrected chi connectivity index (χ4v) is 3.19. The van der Waals surface area contributed by atoms with Gasteiger partial charge < -0.3 is 5.32 Å². The van der Waals surface area contributed by atoms with E-state index >= 15 is 0 Å². The molecule has 1 N–H and O–H groups in total. The van der Waals surface area contributed by atoms with Gasteiger partial charge in [-0.1, -0.05) is 17.2 Å². The van der Waals surface area contributed by atoms with Gasteiger partial charge in [-0.15, -0.1) is 0 Å². The van der Waals surface area contributed by atoms with Crippen molar-refractivity contribution < 1.29 is 23.6 Å². The van der Waals surface area contributed by atoms with E-state index in [4.69, 9.17) is 16.4 Å². The molecule has 0 aromatic heterocycles. The minimum Gasteiger partial charge on any atom is -0.373 e. The maximum absolute atomic E-state index is 14.6. The second-order valence-electron chi connectivity index (χ2n) is 6.79. The molecule has 7 nitrogen and oxygen atoms in total. The van der Waals surface area contributed by atoms with E-state index in [-0.39, 0.29) is 28.7 Å². The molecule has 0 spiro atoms. The lowest BCUT2D eigenvalue weighted by Crippen LogP contribution is -2.41. The van der Waals surface area contributed by atoms with E-state index in [9.17, 15) is 18.8 Å². The minimum absolute atomic E-state index is 0.0203. The Morgan fingerprint density at radius 2 is 2.00 bits per heavy atom.